The summed E-state index contributed by atoms with van der Waals surface area (Å²) in [6, 6.07) is 7.97. The van der Waals surface area contributed by atoms with Crippen molar-refractivity contribution in [3.05, 3.63) is 34.6 Å². The maximum atomic E-state index is 5.94. The lowest BCUT2D eigenvalue weighted by Crippen LogP contribution is -2.11. The largest absolute Gasteiger partial charge is 0.247 e. The molecule has 0 spiro atoms. The summed E-state index contributed by atoms with van der Waals surface area (Å²) in [5, 5.41) is 4.17. The van der Waals surface area contributed by atoms with Gasteiger partial charge in [0.15, 0.2) is 0 Å². The Bertz CT molecular complexity index is 502. The van der Waals surface area contributed by atoms with Crippen LogP contribution in [0.5, 0.6) is 0 Å². The number of halogens is 1. The van der Waals surface area contributed by atoms with E-state index in [-0.39, 0.29) is 0 Å². The first-order valence-electron chi connectivity index (χ1n) is 3.46. The Morgan fingerprint density at radius 1 is 1.00 bits per heavy atom. The van der Waals surface area contributed by atoms with Gasteiger partial charge in [-0.3, -0.25) is 0 Å². The second-order valence-corrected chi connectivity index (χ2v) is 3.09. The van der Waals surface area contributed by atoms with Crippen molar-refractivity contribution >= 4 is 28.1 Å². The number of rotatable bonds is 0. The van der Waals surface area contributed by atoms with E-state index in [0.29, 0.717) is 0 Å². The van der Waals surface area contributed by atoms with Crippen molar-refractivity contribution in [1.29, 1.82) is 0 Å². The lowest BCUT2D eigenvalue weighted by molar-refractivity contribution is 1.32. The molecule has 4 bridgehead atoms. The molecule has 2 aromatic rings. The monoisotopic (exact) mass is 161 g/mol. The molecule has 0 aromatic heterocycles. The third-order valence-corrected chi connectivity index (χ3v) is 2.41. The van der Waals surface area contributed by atoms with Crippen LogP contribution in [0.1, 0.15) is 0 Å². The highest BCUT2D eigenvalue weighted by molar-refractivity contribution is 6.34. The molecule has 0 radical (unpaired) electrons. The Hall–Kier alpha value is -1.08. The van der Waals surface area contributed by atoms with Crippen molar-refractivity contribution in [1.82, 2.24) is 0 Å². The van der Waals surface area contributed by atoms with Crippen LogP contribution >= 0.6 is 11.6 Å². The van der Waals surface area contributed by atoms with Crippen LogP contribution in [0.3, 0.4) is 0 Å². The second-order valence-electron chi connectivity index (χ2n) is 2.69. The fourth-order valence-electron chi connectivity index (χ4n) is 1.49. The van der Waals surface area contributed by atoms with Crippen molar-refractivity contribution in [2.24, 2.45) is 4.99 Å². The molecule has 0 N–H and O–H groups in total. The Morgan fingerprint density at radius 3 is 2.55 bits per heavy atom. The fourth-order valence-corrected chi connectivity index (χ4v) is 1.70. The minimum atomic E-state index is 0.794. The van der Waals surface area contributed by atoms with Crippen LogP contribution in [0.15, 0.2) is 29.3 Å². The maximum absolute atomic E-state index is 5.94. The first-order chi connectivity index (χ1) is 5.36. The summed E-state index contributed by atoms with van der Waals surface area (Å²) in [5.74, 6) is 0. The van der Waals surface area contributed by atoms with E-state index < -0.39 is 0 Å². The summed E-state index contributed by atoms with van der Waals surface area (Å²) in [4.78, 5) is 4.28. The molecule has 0 saturated heterocycles. The maximum Gasteiger partial charge on any atom is 0.0818 e. The summed E-state index contributed by atoms with van der Waals surface area (Å²) < 4.78 is 0. The Morgan fingerprint density at radius 2 is 1.82 bits per heavy atom. The molecule has 1 heterocycles. The van der Waals surface area contributed by atoms with Gasteiger partial charge >= 0.3 is 0 Å². The summed E-state index contributed by atoms with van der Waals surface area (Å²) in [5.41, 5.74) is 1.09. The number of hydrogen-bond donors (Lipinski definition) is 0. The molecule has 52 valence electrons. The summed E-state index contributed by atoms with van der Waals surface area (Å²) in [7, 11) is 0. The molecule has 0 amide bonds. The fraction of sp³-hybridized carbons (Fsp3) is 0. The lowest BCUT2D eigenvalue weighted by Gasteiger charge is -2.11. The molecule has 0 saturated carbocycles. The molecule has 2 heteroatoms. The van der Waals surface area contributed by atoms with Crippen LogP contribution in [-0.2, 0) is 0 Å². The Kier molecular flexibility index (Phi) is 0.789. The van der Waals surface area contributed by atoms with E-state index in [2.05, 4.69) is 4.99 Å². The highest BCUT2D eigenvalue weighted by Gasteiger charge is 2.12. The van der Waals surface area contributed by atoms with E-state index in [1.54, 1.807) is 0 Å². The van der Waals surface area contributed by atoms with Crippen LogP contribution in [0.4, 0.5) is 5.69 Å². The van der Waals surface area contributed by atoms with E-state index in [1.807, 2.05) is 24.3 Å². The summed E-state index contributed by atoms with van der Waals surface area (Å²) >= 11 is 5.94. The quantitative estimate of drug-likeness (QED) is 0.480. The van der Waals surface area contributed by atoms with Gasteiger partial charge in [0.05, 0.1) is 16.1 Å². The van der Waals surface area contributed by atoms with Crippen LogP contribution in [0.2, 0.25) is 5.02 Å². The van der Waals surface area contributed by atoms with E-state index in [4.69, 9.17) is 11.6 Å². The van der Waals surface area contributed by atoms with Gasteiger partial charge in [-0.2, -0.15) is 0 Å². The molecule has 1 aliphatic rings. The van der Waals surface area contributed by atoms with E-state index in [0.717, 1.165) is 21.5 Å². The first kappa shape index (κ1) is 5.56. The van der Waals surface area contributed by atoms with Crippen molar-refractivity contribution in [3.63, 3.8) is 0 Å². The van der Waals surface area contributed by atoms with E-state index in [1.165, 1.54) is 5.39 Å². The van der Waals surface area contributed by atoms with Crippen LogP contribution in [0.25, 0.3) is 10.8 Å². The molecule has 0 unspecified atom stereocenters. The smallest absolute Gasteiger partial charge is 0.0818 e. The topological polar surface area (TPSA) is 12.4 Å². The van der Waals surface area contributed by atoms with Gasteiger partial charge in [-0.15, -0.1) is 0 Å². The molecule has 1 nitrogen and oxygen atoms in total. The molecule has 2 aromatic carbocycles. The zero-order valence-corrected chi connectivity index (χ0v) is 6.39. The highest BCUT2D eigenvalue weighted by atomic mass is 35.5. The summed E-state index contributed by atoms with van der Waals surface area (Å²) in [6.45, 7) is 0. The van der Waals surface area contributed by atoms with Crippen molar-refractivity contribution in [2.45, 2.75) is 0 Å². The lowest BCUT2D eigenvalue weighted by atomic mass is 10.0. The molecular weight excluding hydrogens is 158 g/mol. The minimum Gasteiger partial charge on any atom is -0.247 e. The second kappa shape index (κ2) is 1.56. The predicted molar refractivity (Wildman–Crippen MR) is 45.4 cm³/mol. The van der Waals surface area contributed by atoms with Crippen molar-refractivity contribution < 1.29 is 0 Å². The van der Waals surface area contributed by atoms with Gasteiger partial charge in [-0.25, -0.2) is 4.99 Å². The number of nitrogens with zero attached hydrogens (tertiary/aromatic N) is 1. The summed E-state index contributed by atoms with van der Waals surface area (Å²) in [6.07, 6.45) is 0. The molecule has 11 heavy (non-hydrogen) atoms. The SMILES string of the molecule is Clc1ccc2c3ccc1c2n3. The van der Waals surface area contributed by atoms with Gasteiger partial charge in [0.2, 0.25) is 0 Å². The third kappa shape index (κ3) is 0.511. The zero-order chi connectivity index (χ0) is 7.42. The average Bonchev–Trinajstić information content (AvgIpc) is 2.02. The van der Waals surface area contributed by atoms with Crippen LogP contribution in [-0.4, -0.2) is 0 Å². The van der Waals surface area contributed by atoms with Gasteiger partial charge in [0, 0.05) is 10.8 Å². The molecule has 0 fully saturated rings. The molecular formula is C9H4ClN. The van der Waals surface area contributed by atoms with Gasteiger partial charge < -0.3 is 0 Å². The van der Waals surface area contributed by atoms with Gasteiger partial charge in [-0.05, 0) is 24.3 Å². The normalized spacial score (nSPS) is 12.8. The Labute approximate surface area is 68.3 Å². The molecule has 3 rings (SSSR count). The predicted octanol–water partition coefficient (Wildman–Crippen LogP) is 2.48. The van der Waals surface area contributed by atoms with Crippen molar-refractivity contribution in [2.75, 3.05) is 0 Å². The van der Waals surface area contributed by atoms with Gasteiger partial charge in [0.25, 0.3) is 0 Å². The Balaban J connectivity index is 2.75. The molecule has 1 aliphatic heterocycles. The number of benzene rings is 2. The molecule has 0 atom stereocenters. The van der Waals surface area contributed by atoms with Crippen molar-refractivity contribution in [3.8, 4) is 0 Å². The van der Waals surface area contributed by atoms with Gasteiger partial charge in [0.1, 0.15) is 0 Å². The zero-order valence-electron chi connectivity index (χ0n) is 5.63. The van der Waals surface area contributed by atoms with Crippen LogP contribution in [0, 0.1) is 0 Å². The minimum absolute atomic E-state index is 0.794. The first-order valence-corrected chi connectivity index (χ1v) is 3.84. The third-order valence-electron chi connectivity index (χ3n) is 2.08. The van der Waals surface area contributed by atoms with E-state index >= 15 is 0 Å². The van der Waals surface area contributed by atoms with Gasteiger partial charge in [-0.1, -0.05) is 11.6 Å². The average molecular weight is 162 g/mol. The highest BCUT2D eigenvalue weighted by Crippen LogP contribution is 2.29. The van der Waals surface area contributed by atoms with E-state index in [9.17, 15) is 0 Å². The number of hydrogen-bond acceptors (Lipinski definition) is 1. The molecule has 0 aliphatic carbocycles. The van der Waals surface area contributed by atoms with Crippen LogP contribution < -0.4 is 5.36 Å². The standard InChI is InChI=1S/C9H4ClN/c10-7-3-1-6-8-4-2-5(7)9(6)11-8/h1-4H.